The molecule has 0 amide bonds. The van der Waals surface area contributed by atoms with Crippen molar-refractivity contribution in [2.24, 2.45) is 0 Å². The number of carbonyl (C=O) groups excluding carboxylic acids is 1. The monoisotopic (exact) mass is 398 g/mol. The average Bonchev–Trinajstić information content (AvgIpc) is 2.72. The van der Waals surface area contributed by atoms with Gasteiger partial charge in [-0.05, 0) is 61.7 Å². The zero-order valence-corrected chi connectivity index (χ0v) is 16.5. The van der Waals surface area contributed by atoms with Crippen LogP contribution in [-0.4, -0.2) is 31.3 Å². The molecule has 1 fully saturated rings. The van der Waals surface area contributed by atoms with Gasteiger partial charge in [0.05, 0.1) is 22.1 Å². The number of nitrogens with zero attached hydrogens (tertiary/aromatic N) is 2. The molecule has 3 rings (SSSR count). The summed E-state index contributed by atoms with van der Waals surface area (Å²) in [5.41, 5.74) is 1.60. The van der Waals surface area contributed by atoms with Crippen LogP contribution < -0.4 is 0 Å². The predicted molar refractivity (Wildman–Crippen MR) is 104 cm³/mol. The van der Waals surface area contributed by atoms with Gasteiger partial charge in [-0.15, -0.1) is 0 Å². The molecule has 0 N–H and O–H groups in total. The van der Waals surface area contributed by atoms with Crippen molar-refractivity contribution in [1.29, 1.82) is 5.26 Å². The first-order valence-electron chi connectivity index (χ1n) is 9.20. The molecule has 1 aliphatic heterocycles. The molecule has 146 valence electrons. The van der Waals surface area contributed by atoms with Crippen molar-refractivity contribution in [3.05, 3.63) is 65.2 Å². The van der Waals surface area contributed by atoms with Gasteiger partial charge in [-0.1, -0.05) is 18.6 Å². The van der Waals surface area contributed by atoms with Crippen LogP contribution in [0.2, 0.25) is 0 Å². The van der Waals surface area contributed by atoms with Crippen molar-refractivity contribution in [2.75, 3.05) is 6.54 Å². The number of benzene rings is 2. The summed E-state index contributed by atoms with van der Waals surface area (Å²) in [6.07, 6.45) is 2.76. The summed E-state index contributed by atoms with van der Waals surface area (Å²) >= 11 is 0. The largest absolute Gasteiger partial charge is 0.457 e. The predicted octanol–water partition coefficient (Wildman–Crippen LogP) is 3.48. The molecule has 1 aliphatic rings. The Morgan fingerprint density at radius 1 is 1.14 bits per heavy atom. The lowest BCUT2D eigenvalue weighted by Gasteiger charge is -2.32. The van der Waals surface area contributed by atoms with E-state index in [1.54, 1.807) is 24.3 Å². The molecule has 2 aromatic rings. The highest BCUT2D eigenvalue weighted by molar-refractivity contribution is 7.89. The molecular formula is C21H22N2O4S. The van der Waals surface area contributed by atoms with Crippen molar-refractivity contribution < 1.29 is 17.9 Å². The molecule has 1 unspecified atom stereocenters. The second kappa shape index (κ2) is 8.55. The Morgan fingerprint density at radius 3 is 2.43 bits per heavy atom. The minimum Gasteiger partial charge on any atom is -0.457 e. The van der Waals surface area contributed by atoms with Gasteiger partial charge < -0.3 is 4.74 Å². The Hall–Kier alpha value is -2.69. The average molecular weight is 398 g/mol. The van der Waals surface area contributed by atoms with E-state index in [1.165, 1.54) is 28.6 Å². The fourth-order valence-corrected chi connectivity index (χ4v) is 4.93. The van der Waals surface area contributed by atoms with Crippen molar-refractivity contribution in [1.82, 2.24) is 4.31 Å². The second-order valence-corrected chi connectivity index (χ2v) is 8.76. The number of carbonyl (C=O) groups is 1. The molecule has 0 radical (unpaired) electrons. The molecule has 0 aliphatic carbocycles. The molecule has 0 aromatic heterocycles. The summed E-state index contributed by atoms with van der Waals surface area (Å²) in [4.78, 5) is 12.4. The van der Waals surface area contributed by atoms with Crippen LogP contribution >= 0.6 is 0 Å². The number of hydrogen-bond donors (Lipinski definition) is 0. The Balaban J connectivity index is 1.66. The minimum atomic E-state index is -3.56. The topological polar surface area (TPSA) is 87.5 Å². The van der Waals surface area contributed by atoms with Crippen molar-refractivity contribution in [3.8, 4) is 6.07 Å². The molecule has 6 nitrogen and oxygen atoms in total. The van der Waals surface area contributed by atoms with Gasteiger partial charge in [0.1, 0.15) is 6.61 Å². The Bertz CT molecular complexity index is 977. The SMILES string of the molecule is CC1CCCCN1S(=O)(=O)c1ccc(C(=O)OCc2ccc(C#N)cc2)cc1. The van der Waals surface area contributed by atoms with Gasteiger partial charge in [0.2, 0.25) is 10.0 Å². The number of esters is 1. The molecule has 0 spiro atoms. The van der Waals surface area contributed by atoms with Crippen LogP contribution in [-0.2, 0) is 21.4 Å². The third-order valence-corrected chi connectivity index (χ3v) is 6.92. The lowest BCUT2D eigenvalue weighted by molar-refractivity contribution is 0.0472. The Labute approximate surface area is 165 Å². The number of piperidine rings is 1. The number of rotatable bonds is 5. The zero-order chi connectivity index (χ0) is 20.1. The highest BCUT2D eigenvalue weighted by Gasteiger charge is 2.30. The molecule has 1 atom stereocenters. The molecule has 28 heavy (non-hydrogen) atoms. The number of hydrogen-bond acceptors (Lipinski definition) is 5. The van der Waals surface area contributed by atoms with Crippen LogP contribution in [0.15, 0.2) is 53.4 Å². The highest BCUT2D eigenvalue weighted by atomic mass is 32.2. The maximum absolute atomic E-state index is 12.8. The summed E-state index contributed by atoms with van der Waals surface area (Å²) in [6, 6.07) is 14.6. The summed E-state index contributed by atoms with van der Waals surface area (Å²) < 4.78 is 32.5. The summed E-state index contributed by atoms with van der Waals surface area (Å²) in [5, 5.41) is 8.79. The van der Waals surface area contributed by atoms with Gasteiger partial charge in [0.15, 0.2) is 0 Å². The van der Waals surface area contributed by atoms with Gasteiger partial charge >= 0.3 is 5.97 Å². The van der Waals surface area contributed by atoms with Crippen LogP contribution in [0.3, 0.4) is 0 Å². The number of sulfonamides is 1. The Kier molecular flexibility index (Phi) is 6.12. The first-order valence-corrected chi connectivity index (χ1v) is 10.6. The first kappa shape index (κ1) is 20.1. The first-order chi connectivity index (χ1) is 13.4. The molecule has 2 aromatic carbocycles. The summed E-state index contributed by atoms with van der Waals surface area (Å²) in [7, 11) is -3.56. The summed E-state index contributed by atoms with van der Waals surface area (Å²) in [5.74, 6) is -0.528. The van der Waals surface area contributed by atoms with Gasteiger partial charge in [0.25, 0.3) is 0 Å². The van der Waals surface area contributed by atoms with Gasteiger partial charge in [0, 0.05) is 12.6 Å². The van der Waals surface area contributed by atoms with Crippen LogP contribution in [0.1, 0.15) is 47.7 Å². The van der Waals surface area contributed by atoms with Gasteiger partial charge in [-0.3, -0.25) is 0 Å². The van der Waals surface area contributed by atoms with E-state index in [0.717, 1.165) is 24.8 Å². The highest BCUT2D eigenvalue weighted by Crippen LogP contribution is 2.25. The Morgan fingerprint density at radius 2 is 1.82 bits per heavy atom. The fraction of sp³-hybridized carbons (Fsp3) is 0.333. The molecule has 1 heterocycles. The van der Waals surface area contributed by atoms with E-state index in [2.05, 4.69) is 0 Å². The van der Waals surface area contributed by atoms with Crippen molar-refractivity contribution in [3.63, 3.8) is 0 Å². The van der Waals surface area contributed by atoms with Crippen LogP contribution in [0.5, 0.6) is 0 Å². The van der Waals surface area contributed by atoms with E-state index in [1.807, 2.05) is 13.0 Å². The zero-order valence-electron chi connectivity index (χ0n) is 15.7. The molecule has 7 heteroatoms. The molecule has 0 saturated carbocycles. The van der Waals surface area contributed by atoms with E-state index in [9.17, 15) is 13.2 Å². The smallest absolute Gasteiger partial charge is 0.338 e. The third kappa shape index (κ3) is 4.41. The lowest BCUT2D eigenvalue weighted by atomic mass is 10.1. The van der Waals surface area contributed by atoms with Crippen LogP contribution in [0.25, 0.3) is 0 Å². The fourth-order valence-electron chi connectivity index (χ4n) is 3.23. The van der Waals surface area contributed by atoms with E-state index < -0.39 is 16.0 Å². The quantitative estimate of drug-likeness (QED) is 0.720. The third-order valence-electron chi connectivity index (χ3n) is 4.89. The second-order valence-electron chi connectivity index (χ2n) is 6.87. The van der Waals surface area contributed by atoms with Gasteiger partial charge in [-0.25, -0.2) is 13.2 Å². The molecular weight excluding hydrogens is 376 g/mol. The maximum atomic E-state index is 12.8. The summed E-state index contributed by atoms with van der Waals surface area (Å²) in [6.45, 7) is 2.53. The van der Waals surface area contributed by atoms with Crippen LogP contribution in [0, 0.1) is 11.3 Å². The minimum absolute atomic E-state index is 0.0178. The number of ether oxygens (including phenoxy) is 1. The van der Waals surface area contributed by atoms with E-state index in [0.29, 0.717) is 17.7 Å². The van der Waals surface area contributed by atoms with Crippen molar-refractivity contribution in [2.45, 2.75) is 43.7 Å². The number of nitriles is 1. The van der Waals surface area contributed by atoms with Gasteiger partial charge in [-0.2, -0.15) is 9.57 Å². The molecule has 1 saturated heterocycles. The lowest BCUT2D eigenvalue weighted by Crippen LogP contribution is -2.41. The van der Waals surface area contributed by atoms with Crippen LogP contribution in [0.4, 0.5) is 0 Å². The van der Waals surface area contributed by atoms with E-state index in [4.69, 9.17) is 10.00 Å². The van der Waals surface area contributed by atoms with E-state index >= 15 is 0 Å². The molecule has 0 bridgehead atoms. The maximum Gasteiger partial charge on any atom is 0.338 e. The normalized spacial score (nSPS) is 17.6. The standard InChI is InChI=1S/C21H22N2O4S/c1-16-4-2-3-13-23(16)28(25,26)20-11-9-19(10-12-20)21(24)27-15-18-7-5-17(14-22)6-8-18/h5-12,16H,2-4,13,15H2,1H3. The van der Waals surface area contributed by atoms with E-state index in [-0.39, 0.29) is 17.5 Å². The van der Waals surface area contributed by atoms with Crippen molar-refractivity contribution >= 4 is 16.0 Å².